The molecule has 1 saturated heterocycles. The first kappa shape index (κ1) is 13.8. The van der Waals surface area contributed by atoms with Crippen molar-refractivity contribution in [1.82, 2.24) is 9.88 Å². The normalized spacial score (nSPS) is 23.1. The molecule has 18 heavy (non-hydrogen) atoms. The number of ether oxygens (including phenoxy) is 1. The molecule has 0 aliphatic carbocycles. The van der Waals surface area contributed by atoms with Crippen molar-refractivity contribution in [1.29, 1.82) is 0 Å². The van der Waals surface area contributed by atoms with Crippen molar-refractivity contribution in [3.63, 3.8) is 0 Å². The van der Waals surface area contributed by atoms with Gasteiger partial charge in [-0.25, -0.2) is 4.98 Å². The number of nitrogens with two attached hydrogens (primary N) is 1. The van der Waals surface area contributed by atoms with Crippen molar-refractivity contribution in [3.05, 3.63) is 11.1 Å². The molecule has 1 aliphatic rings. The number of aromatic nitrogens is 1. The van der Waals surface area contributed by atoms with E-state index in [-0.39, 0.29) is 11.2 Å². The van der Waals surface area contributed by atoms with Gasteiger partial charge in [0.15, 0.2) is 5.13 Å². The van der Waals surface area contributed by atoms with Crippen LogP contribution in [0.4, 0.5) is 5.13 Å². The number of nitrogens with zero attached hydrogens (tertiary/aromatic N) is 2. The van der Waals surface area contributed by atoms with Crippen LogP contribution in [0.1, 0.15) is 33.4 Å². The zero-order valence-corrected chi connectivity index (χ0v) is 12.5. The van der Waals surface area contributed by atoms with Crippen LogP contribution in [-0.4, -0.2) is 40.7 Å². The van der Waals surface area contributed by atoms with Gasteiger partial charge in [-0.15, -0.1) is 11.3 Å². The fourth-order valence-corrected chi connectivity index (χ4v) is 3.41. The van der Waals surface area contributed by atoms with Gasteiger partial charge in [0.1, 0.15) is 0 Å². The summed E-state index contributed by atoms with van der Waals surface area (Å²) >= 11 is 1.51. The van der Waals surface area contributed by atoms with Crippen LogP contribution in [0, 0.1) is 0 Å². The Morgan fingerprint density at radius 1 is 1.33 bits per heavy atom. The SMILES string of the molecule is CC1(C)CN(CCc2csc(N)n2)CC(C)(C)O1. The van der Waals surface area contributed by atoms with Crippen LogP contribution >= 0.6 is 11.3 Å². The molecule has 0 atom stereocenters. The molecule has 0 radical (unpaired) electrons. The molecule has 0 unspecified atom stereocenters. The number of thiazole rings is 1. The van der Waals surface area contributed by atoms with Gasteiger partial charge in [-0.1, -0.05) is 0 Å². The summed E-state index contributed by atoms with van der Waals surface area (Å²) in [6.07, 6.45) is 0.958. The highest BCUT2D eigenvalue weighted by Crippen LogP contribution is 2.28. The highest BCUT2D eigenvalue weighted by molar-refractivity contribution is 7.13. The minimum Gasteiger partial charge on any atom is -0.375 e. The van der Waals surface area contributed by atoms with Crippen LogP contribution in [0.3, 0.4) is 0 Å². The van der Waals surface area contributed by atoms with Gasteiger partial charge in [0.25, 0.3) is 0 Å². The van der Waals surface area contributed by atoms with E-state index in [1.165, 1.54) is 11.3 Å². The van der Waals surface area contributed by atoms with Crippen molar-refractivity contribution in [2.24, 2.45) is 0 Å². The zero-order valence-electron chi connectivity index (χ0n) is 11.7. The first-order valence-electron chi connectivity index (χ1n) is 6.38. The molecule has 0 bridgehead atoms. The Labute approximate surface area is 113 Å². The molecule has 102 valence electrons. The summed E-state index contributed by atoms with van der Waals surface area (Å²) in [5, 5.41) is 2.71. The molecule has 2 N–H and O–H groups in total. The lowest BCUT2D eigenvalue weighted by atomic mass is 9.99. The van der Waals surface area contributed by atoms with Crippen molar-refractivity contribution in [2.75, 3.05) is 25.4 Å². The van der Waals surface area contributed by atoms with Gasteiger partial charge in [-0.3, -0.25) is 4.90 Å². The number of nitrogen functional groups attached to an aromatic ring is 1. The predicted molar refractivity (Wildman–Crippen MR) is 75.9 cm³/mol. The van der Waals surface area contributed by atoms with Gasteiger partial charge in [-0.2, -0.15) is 0 Å². The second kappa shape index (κ2) is 4.79. The van der Waals surface area contributed by atoms with E-state index in [4.69, 9.17) is 10.5 Å². The molecule has 2 rings (SSSR count). The second-order valence-corrected chi connectivity index (χ2v) is 7.15. The highest BCUT2D eigenvalue weighted by atomic mass is 32.1. The van der Waals surface area contributed by atoms with Crippen molar-refractivity contribution in [2.45, 2.75) is 45.3 Å². The summed E-state index contributed by atoms with van der Waals surface area (Å²) in [4.78, 5) is 6.76. The molecule has 1 fully saturated rings. The van der Waals surface area contributed by atoms with Crippen molar-refractivity contribution < 1.29 is 4.74 Å². The monoisotopic (exact) mass is 269 g/mol. The fourth-order valence-electron chi connectivity index (χ4n) is 2.81. The summed E-state index contributed by atoms with van der Waals surface area (Å²) in [7, 11) is 0. The molecule has 1 aromatic rings. The number of hydrogen-bond donors (Lipinski definition) is 1. The minimum absolute atomic E-state index is 0.0805. The smallest absolute Gasteiger partial charge is 0.180 e. The summed E-state index contributed by atoms with van der Waals surface area (Å²) in [6, 6.07) is 0. The Hall–Kier alpha value is -0.650. The molecular weight excluding hydrogens is 246 g/mol. The number of morpholine rings is 1. The molecule has 4 nitrogen and oxygen atoms in total. The van der Waals surface area contributed by atoms with E-state index < -0.39 is 0 Å². The lowest BCUT2D eigenvalue weighted by Gasteiger charge is -2.47. The van der Waals surface area contributed by atoms with Gasteiger partial charge < -0.3 is 10.5 Å². The van der Waals surface area contributed by atoms with Crippen LogP contribution in [0.15, 0.2) is 5.38 Å². The molecule has 2 heterocycles. The summed E-state index contributed by atoms with van der Waals surface area (Å²) in [5.41, 5.74) is 6.58. The average molecular weight is 269 g/mol. The summed E-state index contributed by atoms with van der Waals surface area (Å²) in [5.74, 6) is 0. The fraction of sp³-hybridized carbons (Fsp3) is 0.769. The molecule has 0 saturated carbocycles. The first-order chi connectivity index (χ1) is 8.26. The minimum atomic E-state index is -0.0805. The predicted octanol–water partition coefficient (Wildman–Crippen LogP) is 2.16. The Balaban J connectivity index is 1.93. The largest absolute Gasteiger partial charge is 0.375 e. The Kier molecular flexibility index (Phi) is 3.67. The maximum absolute atomic E-state index is 6.07. The molecule has 0 spiro atoms. The molecule has 1 aromatic heterocycles. The van der Waals surface area contributed by atoms with Crippen LogP contribution in [-0.2, 0) is 11.2 Å². The quantitative estimate of drug-likeness (QED) is 0.913. The van der Waals surface area contributed by atoms with Gasteiger partial charge >= 0.3 is 0 Å². The third kappa shape index (κ3) is 3.67. The number of anilines is 1. The van der Waals surface area contributed by atoms with Crippen molar-refractivity contribution >= 4 is 16.5 Å². The van der Waals surface area contributed by atoms with E-state index in [0.717, 1.165) is 31.7 Å². The van der Waals surface area contributed by atoms with Crippen LogP contribution < -0.4 is 5.73 Å². The van der Waals surface area contributed by atoms with Crippen molar-refractivity contribution in [3.8, 4) is 0 Å². The first-order valence-corrected chi connectivity index (χ1v) is 7.26. The van der Waals surface area contributed by atoms with Crippen LogP contribution in [0.25, 0.3) is 0 Å². The lowest BCUT2D eigenvalue weighted by Crippen LogP contribution is -2.57. The average Bonchev–Trinajstić information content (AvgIpc) is 2.56. The number of hydrogen-bond acceptors (Lipinski definition) is 5. The van der Waals surface area contributed by atoms with E-state index in [2.05, 4.69) is 37.6 Å². The Morgan fingerprint density at radius 2 is 1.94 bits per heavy atom. The third-order valence-electron chi connectivity index (χ3n) is 3.02. The zero-order chi connectivity index (χ0) is 13.4. The van der Waals surface area contributed by atoms with E-state index in [0.29, 0.717) is 5.13 Å². The highest BCUT2D eigenvalue weighted by Gasteiger charge is 2.37. The van der Waals surface area contributed by atoms with Crippen LogP contribution in [0.2, 0.25) is 0 Å². The molecule has 5 heteroatoms. The Bertz CT molecular complexity index is 398. The maximum atomic E-state index is 6.07. The van der Waals surface area contributed by atoms with E-state index in [9.17, 15) is 0 Å². The van der Waals surface area contributed by atoms with Gasteiger partial charge in [0, 0.05) is 31.4 Å². The summed E-state index contributed by atoms with van der Waals surface area (Å²) < 4.78 is 6.07. The van der Waals surface area contributed by atoms with E-state index in [1.807, 2.05) is 5.38 Å². The van der Waals surface area contributed by atoms with E-state index in [1.54, 1.807) is 0 Å². The topological polar surface area (TPSA) is 51.4 Å². The van der Waals surface area contributed by atoms with Gasteiger partial charge in [0.05, 0.1) is 16.9 Å². The standard InChI is InChI=1S/C13H23N3OS/c1-12(2)8-16(9-13(3,4)17-12)6-5-10-7-18-11(14)15-10/h7H,5-6,8-9H2,1-4H3,(H2,14,15). The second-order valence-electron chi connectivity index (χ2n) is 6.26. The van der Waals surface area contributed by atoms with Crippen LogP contribution in [0.5, 0.6) is 0 Å². The molecule has 0 aromatic carbocycles. The van der Waals surface area contributed by atoms with Gasteiger partial charge in [0.2, 0.25) is 0 Å². The van der Waals surface area contributed by atoms with E-state index >= 15 is 0 Å². The molecular formula is C13H23N3OS. The summed E-state index contributed by atoms with van der Waals surface area (Å²) in [6.45, 7) is 11.6. The molecule has 0 amide bonds. The number of rotatable bonds is 3. The Morgan fingerprint density at radius 3 is 2.44 bits per heavy atom. The maximum Gasteiger partial charge on any atom is 0.180 e. The third-order valence-corrected chi connectivity index (χ3v) is 3.74. The van der Waals surface area contributed by atoms with Gasteiger partial charge in [-0.05, 0) is 27.7 Å². The lowest BCUT2D eigenvalue weighted by molar-refractivity contribution is -0.180. The molecule has 1 aliphatic heterocycles.